The minimum Gasteiger partial charge on any atom is -0.396 e. The van der Waals surface area contributed by atoms with Crippen molar-refractivity contribution in [2.45, 2.75) is 25.4 Å². The molecule has 3 heteroatoms. The molecule has 0 radical (unpaired) electrons. The van der Waals surface area contributed by atoms with E-state index in [0.717, 1.165) is 26.1 Å². The predicted molar refractivity (Wildman–Crippen MR) is 42.3 cm³/mol. The van der Waals surface area contributed by atoms with Crippen LogP contribution in [-0.2, 0) is 0 Å². The van der Waals surface area contributed by atoms with Gasteiger partial charge >= 0.3 is 0 Å². The van der Waals surface area contributed by atoms with Gasteiger partial charge in [0.25, 0.3) is 0 Å². The summed E-state index contributed by atoms with van der Waals surface area (Å²) in [6.45, 7) is 2.89. The van der Waals surface area contributed by atoms with Crippen molar-refractivity contribution in [3.8, 4) is 0 Å². The monoisotopic (exact) mass is 161 g/mol. The first-order valence-corrected chi connectivity index (χ1v) is 4.30. The van der Waals surface area contributed by atoms with Crippen LogP contribution in [0, 0.1) is 0 Å². The summed E-state index contributed by atoms with van der Waals surface area (Å²) >= 11 is 0. The van der Waals surface area contributed by atoms with Gasteiger partial charge in [0.1, 0.15) is 6.17 Å². The molecule has 0 atom stereocenters. The summed E-state index contributed by atoms with van der Waals surface area (Å²) in [5.74, 6) is 0. The molecule has 1 rings (SSSR count). The van der Waals surface area contributed by atoms with E-state index in [4.69, 9.17) is 5.11 Å². The van der Waals surface area contributed by atoms with Crippen LogP contribution in [0.15, 0.2) is 0 Å². The summed E-state index contributed by atoms with van der Waals surface area (Å²) in [6.07, 6.45) is 1.58. The normalized spacial score (nSPS) is 22.4. The summed E-state index contributed by atoms with van der Waals surface area (Å²) in [5.41, 5.74) is 0. The Bertz CT molecular complexity index is 99.5. The fraction of sp³-hybridized carbons (Fsp3) is 1.00. The van der Waals surface area contributed by atoms with E-state index in [1.807, 2.05) is 0 Å². The summed E-state index contributed by atoms with van der Waals surface area (Å²) in [7, 11) is 0. The molecule has 0 aliphatic carbocycles. The van der Waals surface area contributed by atoms with E-state index in [1.54, 1.807) is 0 Å². The minimum absolute atomic E-state index is 0.246. The predicted octanol–water partition coefficient (Wildman–Crippen LogP) is 0.803. The van der Waals surface area contributed by atoms with Crippen molar-refractivity contribution in [3.05, 3.63) is 0 Å². The Morgan fingerprint density at radius 2 is 2.00 bits per heavy atom. The van der Waals surface area contributed by atoms with Gasteiger partial charge in [0, 0.05) is 26.2 Å². The fourth-order valence-corrected chi connectivity index (χ4v) is 1.42. The molecule has 1 fully saturated rings. The molecule has 0 aromatic carbocycles. The average Bonchev–Trinajstić information content (AvgIpc) is 2.04. The third-order valence-corrected chi connectivity index (χ3v) is 2.15. The zero-order chi connectivity index (χ0) is 8.10. The lowest BCUT2D eigenvalue weighted by Gasteiger charge is -2.27. The van der Waals surface area contributed by atoms with Crippen molar-refractivity contribution in [2.75, 3.05) is 26.2 Å². The molecule has 1 heterocycles. The van der Waals surface area contributed by atoms with Crippen LogP contribution in [-0.4, -0.2) is 42.4 Å². The van der Waals surface area contributed by atoms with Crippen LogP contribution < -0.4 is 0 Å². The summed E-state index contributed by atoms with van der Waals surface area (Å²) in [4.78, 5) is 2.21. The van der Waals surface area contributed by atoms with Crippen LogP contribution in [0.5, 0.6) is 0 Å². The second kappa shape index (κ2) is 4.67. The number of aliphatic hydroxyl groups is 1. The van der Waals surface area contributed by atoms with E-state index >= 15 is 0 Å². The highest BCUT2D eigenvalue weighted by atomic mass is 19.1. The number of nitrogens with zero attached hydrogens (tertiary/aromatic N) is 1. The first-order valence-electron chi connectivity index (χ1n) is 4.30. The zero-order valence-corrected chi connectivity index (χ0v) is 6.80. The Labute approximate surface area is 67.0 Å². The van der Waals surface area contributed by atoms with Crippen LogP contribution >= 0.6 is 0 Å². The van der Waals surface area contributed by atoms with Crippen LogP contribution in [0.4, 0.5) is 4.39 Å². The van der Waals surface area contributed by atoms with Gasteiger partial charge in [-0.1, -0.05) is 0 Å². The SMILES string of the molecule is OCCCN1CCC(F)CC1. The van der Waals surface area contributed by atoms with E-state index in [0.29, 0.717) is 12.8 Å². The Kier molecular flexibility index (Phi) is 3.80. The number of likely N-dealkylation sites (tertiary alicyclic amines) is 1. The van der Waals surface area contributed by atoms with Crippen molar-refractivity contribution >= 4 is 0 Å². The number of piperidine rings is 1. The van der Waals surface area contributed by atoms with Crippen LogP contribution in [0.25, 0.3) is 0 Å². The van der Waals surface area contributed by atoms with Gasteiger partial charge in [-0.2, -0.15) is 0 Å². The molecule has 0 aromatic heterocycles. The topological polar surface area (TPSA) is 23.5 Å². The summed E-state index contributed by atoms with van der Waals surface area (Å²) < 4.78 is 12.6. The van der Waals surface area contributed by atoms with Crippen molar-refractivity contribution < 1.29 is 9.50 Å². The molecule has 0 bridgehead atoms. The lowest BCUT2D eigenvalue weighted by molar-refractivity contribution is 0.141. The third kappa shape index (κ3) is 3.16. The molecular weight excluding hydrogens is 145 g/mol. The first kappa shape index (κ1) is 8.94. The molecule has 1 N–H and O–H groups in total. The maximum Gasteiger partial charge on any atom is 0.103 e. The molecular formula is C8H16FNO. The number of halogens is 1. The fourth-order valence-electron chi connectivity index (χ4n) is 1.42. The van der Waals surface area contributed by atoms with E-state index in [9.17, 15) is 4.39 Å². The Balaban J connectivity index is 2.07. The number of rotatable bonds is 3. The van der Waals surface area contributed by atoms with Gasteiger partial charge in [0.15, 0.2) is 0 Å². The molecule has 0 unspecified atom stereocenters. The lowest BCUT2D eigenvalue weighted by atomic mass is 10.1. The lowest BCUT2D eigenvalue weighted by Crippen LogP contribution is -2.35. The quantitative estimate of drug-likeness (QED) is 0.662. The zero-order valence-electron chi connectivity index (χ0n) is 6.80. The summed E-state index contributed by atoms with van der Waals surface area (Å²) in [5, 5.41) is 8.55. The van der Waals surface area contributed by atoms with Crippen molar-refractivity contribution in [3.63, 3.8) is 0 Å². The van der Waals surface area contributed by atoms with E-state index < -0.39 is 6.17 Å². The number of hydrogen-bond acceptors (Lipinski definition) is 2. The maximum absolute atomic E-state index is 12.6. The van der Waals surface area contributed by atoms with Gasteiger partial charge in [-0.3, -0.25) is 0 Å². The molecule has 11 heavy (non-hydrogen) atoms. The van der Waals surface area contributed by atoms with Crippen molar-refractivity contribution in [2.24, 2.45) is 0 Å². The van der Waals surface area contributed by atoms with Gasteiger partial charge < -0.3 is 10.0 Å². The molecule has 1 aliphatic heterocycles. The number of alkyl halides is 1. The summed E-state index contributed by atoms with van der Waals surface area (Å²) in [6, 6.07) is 0. The molecule has 0 spiro atoms. The van der Waals surface area contributed by atoms with Crippen LogP contribution in [0.2, 0.25) is 0 Å². The highest BCUT2D eigenvalue weighted by molar-refractivity contribution is 4.70. The molecule has 0 saturated carbocycles. The average molecular weight is 161 g/mol. The van der Waals surface area contributed by atoms with Crippen LogP contribution in [0.3, 0.4) is 0 Å². The van der Waals surface area contributed by atoms with Gasteiger partial charge in [0.2, 0.25) is 0 Å². The van der Waals surface area contributed by atoms with E-state index in [-0.39, 0.29) is 6.61 Å². The largest absolute Gasteiger partial charge is 0.396 e. The molecule has 66 valence electrons. The van der Waals surface area contributed by atoms with Gasteiger partial charge in [-0.25, -0.2) is 4.39 Å². The number of aliphatic hydroxyl groups excluding tert-OH is 1. The first-order chi connectivity index (χ1) is 5.33. The van der Waals surface area contributed by atoms with Crippen molar-refractivity contribution in [1.82, 2.24) is 4.90 Å². The Morgan fingerprint density at radius 1 is 1.36 bits per heavy atom. The molecule has 0 aromatic rings. The second-order valence-corrected chi connectivity index (χ2v) is 3.09. The molecule has 1 aliphatic rings. The highest BCUT2D eigenvalue weighted by Crippen LogP contribution is 2.12. The second-order valence-electron chi connectivity index (χ2n) is 3.09. The van der Waals surface area contributed by atoms with E-state index in [1.165, 1.54) is 0 Å². The van der Waals surface area contributed by atoms with Crippen LogP contribution in [0.1, 0.15) is 19.3 Å². The highest BCUT2D eigenvalue weighted by Gasteiger charge is 2.17. The molecule has 0 amide bonds. The van der Waals surface area contributed by atoms with Gasteiger partial charge in [-0.15, -0.1) is 0 Å². The van der Waals surface area contributed by atoms with E-state index in [2.05, 4.69) is 4.90 Å². The third-order valence-electron chi connectivity index (χ3n) is 2.15. The van der Waals surface area contributed by atoms with Gasteiger partial charge in [-0.05, 0) is 19.3 Å². The van der Waals surface area contributed by atoms with Gasteiger partial charge in [0.05, 0.1) is 0 Å². The van der Waals surface area contributed by atoms with Crippen molar-refractivity contribution in [1.29, 1.82) is 0 Å². The molecule has 1 saturated heterocycles. The maximum atomic E-state index is 12.6. The Hall–Kier alpha value is -0.150. The number of hydrogen-bond donors (Lipinski definition) is 1. The smallest absolute Gasteiger partial charge is 0.103 e. The molecule has 2 nitrogen and oxygen atoms in total. The minimum atomic E-state index is -0.583. The standard InChI is InChI=1S/C8H16FNO/c9-8-2-5-10(6-3-8)4-1-7-11/h8,11H,1-7H2. The Morgan fingerprint density at radius 3 is 2.55 bits per heavy atom.